The van der Waals surface area contributed by atoms with Gasteiger partial charge in [0, 0.05) is 18.8 Å². The molecule has 0 spiro atoms. The molecule has 1 aromatic rings. The van der Waals surface area contributed by atoms with Gasteiger partial charge in [-0.25, -0.2) is 0 Å². The van der Waals surface area contributed by atoms with E-state index in [4.69, 9.17) is 4.74 Å². The zero-order valence-electron chi connectivity index (χ0n) is 8.87. The van der Waals surface area contributed by atoms with Crippen LogP contribution < -0.4 is 5.32 Å². The maximum Gasteiger partial charge on any atom is 0.115 e. The van der Waals surface area contributed by atoms with Gasteiger partial charge in [0.25, 0.3) is 0 Å². The van der Waals surface area contributed by atoms with Gasteiger partial charge in [0.2, 0.25) is 0 Å². The van der Waals surface area contributed by atoms with Gasteiger partial charge in [0.05, 0.1) is 6.61 Å². The van der Waals surface area contributed by atoms with E-state index >= 15 is 0 Å². The fourth-order valence-corrected chi connectivity index (χ4v) is 1.37. The number of rotatable bonds is 4. The predicted octanol–water partition coefficient (Wildman–Crippen LogP) is 2.15. The first-order chi connectivity index (χ1) is 6.63. The summed E-state index contributed by atoms with van der Waals surface area (Å²) in [5, 5.41) is 12.5. The molecule has 14 heavy (non-hydrogen) atoms. The highest BCUT2D eigenvalue weighted by Crippen LogP contribution is 2.20. The number of phenols is 1. The topological polar surface area (TPSA) is 41.5 Å². The van der Waals surface area contributed by atoms with Crippen molar-refractivity contribution in [3.05, 3.63) is 23.8 Å². The van der Waals surface area contributed by atoms with E-state index in [1.165, 1.54) is 0 Å². The Kier molecular flexibility index (Phi) is 3.77. The Bertz CT molecular complexity index is 299. The maximum absolute atomic E-state index is 9.22. The van der Waals surface area contributed by atoms with E-state index in [1.54, 1.807) is 19.2 Å². The number of methoxy groups -OCH3 is 1. The fourth-order valence-electron chi connectivity index (χ4n) is 1.37. The molecule has 1 atom stereocenters. The van der Waals surface area contributed by atoms with E-state index in [0.29, 0.717) is 12.4 Å². The van der Waals surface area contributed by atoms with Crippen molar-refractivity contribution in [2.45, 2.75) is 19.9 Å². The largest absolute Gasteiger partial charge is 0.508 e. The molecule has 1 unspecified atom stereocenters. The van der Waals surface area contributed by atoms with Crippen LogP contribution in [-0.4, -0.2) is 24.9 Å². The molecule has 0 aliphatic rings. The van der Waals surface area contributed by atoms with Gasteiger partial charge < -0.3 is 15.2 Å². The van der Waals surface area contributed by atoms with Crippen molar-refractivity contribution in [2.75, 3.05) is 19.0 Å². The minimum absolute atomic E-state index is 0.267. The zero-order chi connectivity index (χ0) is 10.6. The summed E-state index contributed by atoms with van der Waals surface area (Å²) in [6, 6.07) is 5.55. The van der Waals surface area contributed by atoms with E-state index in [1.807, 2.05) is 13.0 Å². The van der Waals surface area contributed by atoms with Crippen molar-refractivity contribution >= 4 is 5.69 Å². The molecule has 0 radical (unpaired) electrons. The van der Waals surface area contributed by atoms with Crippen molar-refractivity contribution < 1.29 is 9.84 Å². The average molecular weight is 195 g/mol. The van der Waals surface area contributed by atoms with Crippen molar-refractivity contribution in [1.82, 2.24) is 0 Å². The lowest BCUT2D eigenvalue weighted by Crippen LogP contribution is -2.21. The average Bonchev–Trinajstić information content (AvgIpc) is 2.10. The smallest absolute Gasteiger partial charge is 0.115 e. The maximum atomic E-state index is 9.22. The van der Waals surface area contributed by atoms with E-state index in [-0.39, 0.29) is 6.04 Å². The molecule has 78 valence electrons. The Morgan fingerprint density at radius 3 is 2.79 bits per heavy atom. The molecule has 0 saturated heterocycles. The van der Waals surface area contributed by atoms with Crippen molar-refractivity contribution in [1.29, 1.82) is 0 Å². The van der Waals surface area contributed by atoms with Gasteiger partial charge in [-0.2, -0.15) is 0 Å². The predicted molar refractivity (Wildman–Crippen MR) is 57.8 cm³/mol. The molecule has 0 aromatic heterocycles. The fraction of sp³-hybridized carbons (Fsp3) is 0.455. The van der Waals surface area contributed by atoms with Gasteiger partial charge in [0.1, 0.15) is 5.75 Å². The summed E-state index contributed by atoms with van der Waals surface area (Å²) < 4.78 is 5.03. The second-order valence-corrected chi connectivity index (χ2v) is 3.50. The molecule has 1 rings (SSSR count). The summed E-state index contributed by atoms with van der Waals surface area (Å²) in [7, 11) is 1.68. The zero-order valence-corrected chi connectivity index (χ0v) is 8.87. The number of hydrogen-bond donors (Lipinski definition) is 2. The molecular formula is C11H17NO2. The van der Waals surface area contributed by atoms with Crippen LogP contribution in [-0.2, 0) is 4.74 Å². The van der Waals surface area contributed by atoms with Gasteiger partial charge >= 0.3 is 0 Å². The SMILES string of the molecule is COCC(C)Nc1ccc(O)cc1C. The Morgan fingerprint density at radius 1 is 1.50 bits per heavy atom. The summed E-state index contributed by atoms with van der Waals surface area (Å²) in [6.07, 6.45) is 0. The lowest BCUT2D eigenvalue weighted by Gasteiger charge is -2.16. The Labute approximate surface area is 84.7 Å². The quantitative estimate of drug-likeness (QED) is 0.723. The molecule has 1 aromatic carbocycles. The molecule has 0 aliphatic heterocycles. The molecule has 3 heteroatoms. The van der Waals surface area contributed by atoms with Crippen LogP contribution in [0.2, 0.25) is 0 Å². The lowest BCUT2D eigenvalue weighted by atomic mass is 10.2. The number of ether oxygens (including phenoxy) is 1. The summed E-state index contributed by atoms with van der Waals surface area (Å²) in [4.78, 5) is 0. The second kappa shape index (κ2) is 4.86. The Hall–Kier alpha value is -1.22. The molecular weight excluding hydrogens is 178 g/mol. The molecule has 0 amide bonds. The van der Waals surface area contributed by atoms with E-state index < -0.39 is 0 Å². The van der Waals surface area contributed by atoms with Crippen molar-refractivity contribution in [2.24, 2.45) is 0 Å². The Balaban J connectivity index is 2.67. The monoisotopic (exact) mass is 195 g/mol. The first kappa shape index (κ1) is 10.9. The number of nitrogens with one attached hydrogen (secondary N) is 1. The molecule has 3 nitrogen and oxygen atoms in total. The molecule has 2 N–H and O–H groups in total. The molecule has 0 aliphatic carbocycles. The number of hydrogen-bond acceptors (Lipinski definition) is 3. The van der Waals surface area contributed by atoms with Crippen LogP contribution in [0.15, 0.2) is 18.2 Å². The summed E-state index contributed by atoms with van der Waals surface area (Å²) in [5.41, 5.74) is 2.07. The van der Waals surface area contributed by atoms with E-state index in [2.05, 4.69) is 12.2 Å². The standard InChI is InChI=1S/C11H17NO2/c1-8-6-10(13)4-5-11(8)12-9(2)7-14-3/h4-6,9,12-13H,7H2,1-3H3. The lowest BCUT2D eigenvalue weighted by molar-refractivity contribution is 0.190. The third-order valence-electron chi connectivity index (χ3n) is 2.03. The van der Waals surface area contributed by atoms with Crippen LogP contribution >= 0.6 is 0 Å². The molecule has 0 saturated carbocycles. The second-order valence-electron chi connectivity index (χ2n) is 3.50. The number of phenolic OH excluding ortho intramolecular Hbond substituents is 1. The van der Waals surface area contributed by atoms with Crippen molar-refractivity contribution in [3.63, 3.8) is 0 Å². The highest BCUT2D eigenvalue weighted by Gasteiger charge is 2.03. The van der Waals surface area contributed by atoms with Gasteiger partial charge in [0.15, 0.2) is 0 Å². The van der Waals surface area contributed by atoms with E-state index in [0.717, 1.165) is 11.3 Å². The van der Waals surface area contributed by atoms with Crippen LogP contribution in [0.1, 0.15) is 12.5 Å². The van der Waals surface area contributed by atoms with Gasteiger partial charge in [-0.15, -0.1) is 0 Å². The minimum atomic E-state index is 0.267. The number of anilines is 1. The van der Waals surface area contributed by atoms with Crippen molar-refractivity contribution in [3.8, 4) is 5.75 Å². The molecule has 0 heterocycles. The number of benzene rings is 1. The number of aromatic hydroxyl groups is 1. The van der Waals surface area contributed by atoms with E-state index in [9.17, 15) is 5.11 Å². The highest BCUT2D eigenvalue weighted by atomic mass is 16.5. The summed E-state index contributed by atoms with van der Waals surface area (Å²) in [5.74, 6) is 0.299. The number of aryl methyl sites for hydroxylation is 1. The first-order valence-corrected chi connectivity index (χ1v) is 4.68. The third kappa shape index (κ3) is 2.92. The normalized spacial score (nSPS) is 12.5. The van der Waals surface area contributed by atoms with Gasteiger partial charge in [-0.3, -0.25) is 0 Å². The van der Waals surface area contributed by atoms with Gasteiger partial charge in [-0.1, -0.05) is 0 Å². The van der Waals surface area contributed by atoms with Crippen LogP contribution in [0.25, 0.3) is 0 Å². The highest BCUT2D eigenvalue weighted by molar-refractivity contribution is 5.53. The Morgan fingerprint density at radius 2 is 2.21 bits per heavy atom. The first-order valence-electron chi connectivity index (χ1n) is 4.68. The third-order valence-corrected chi connectivity index (χ3v) is 2.03. The molecule has 0 bridgehead atoms. The minimum Gasteiger partial charge on any atom is -0.508 e. The van der Waals surface area contributed by atoms with Gasteiger partial charge in [-0.05, 0) is 37.6 Å². The molecule has 0 fully saturated rings. The van der Waals surface area contributed by atoms with Crippen LogP contribution in [0.3, 0.4) is 0 Å². The van der Waals surface area contributed by atoms with Crippen LogP contribution in [0.5, 0.6) is 5.75 Å². The van der Waals surface area contributed by atoms with Crippen LogP contribution in [0.4, 0.5) is 5.69 Å². The summed E-state index contributed by atoms with van der Waals surface area (Å²) in [6.45, 7) is 4.68. The summed E-state index contributed by atoms with van der Waals surface area (Å²) >= 11 is 0. The van der Waals surface area contributed by atoms with Crippen LogP contribution in [0, 0.1) is 6.92 Å².